The van der Waals surface area contributed by atoms with Gasteiger partial charge in [-0.3, -0.25) is 0 Å². The number of hydrogen-bond acceptors (Lipinski definition) is 2. The van der Waals surface area contributed by atoms with Crippen molar-refractivity contribution in [2.45, 2.75) is 25.9 Å². The quantitative estimate of drug-likeness (QED) is 0.193. The van der Waals surface area contributed by atoms with Gasteiger partial charge in [0.2, 0.25) is 0 Å². The largest absolute Gasteiger partial charge is 0.481 e. The lowest BCUT2D eigenvalue weighted by Gasteiger charge is -2.21. The number of rotatable bonds is 2. The number of fused-ring (bicyclic) bond motifs is 13. The van der Waals surface area contributed by atoms with Crippen LogP contribution in [0.2, 0.25) is 0 Å². The van der Waals surface area contributed by atoms with E-state index in [1.54, 1.807) is 0 Å². The molecule has 0 fully saturated rings. The van der Waals surface area contributed by atoms with E-state index in [0.29, 0.717) is 0 Å². The molecule has 0 saturated heterocycles. The van der Waals surface area contributed by atoms with Gasteiger partial charge in [-0.25, -0.2) is 0 Å². The number of para-hydroxylation sites is 4. The molecule has 0 spiro atoms. The normalized spacial score (nSPS) is 17.2. The molecule has 0 N–H and O–H groups in total. The second kappa shape index (κ2) is 9.30. The molecule has 228 valence electrons. The molecule has 1 aliphatic carbocycles. The van der Waals surface area contributed by atoms with E-state index in [2.05, 4.69) is 156 Å². The molecule has 2 atom stereocenters. The van der Waals surface area contributed by atoms with Crippen LogP contribution in [0.3, 0.4) is 0 Å². The average molecular weight is 619 g/mol. The predicted molar refractivity (Wildman–Crippen MR) is 198 cm³/mol. The number of hydrogen-bond donors (Lipinski definition) is 0. The van der Waals surface area contributed by atoms with Gasteiger partial charge in [-0.05, 0) is 85.7 Å². The van der Waals surface area contributed by atoms with Crippen LogP contribution in [-0.4, -0.2) is 15.2 Å². The maximum absolute atomic E-state index is 6.81. The zero-order valence-electron chi connectivity index (χ0n) is 26.6. The molecule has 2 aliphatic rings. The van der Waals surface area contributed by atoms with Crippen LogP contribution in [0.1, 0.15) is 22.6 Å². The minimum atomic E-state index is -0.0816. The van der Waals surface area contributed by atoms with Crippen molar-refractivity contribution in [3.05, 3.63) is 150 Å². The SMILES string of the molecule is Cc1c2c(c3oc4ccc(-n5c6ccccc6c6ccccc65)cc4c3c1C)OC1C=CC(n3c4ccccc4c4ccccc43)=CC21. The Labute approximate surface area is 276 Å². The minimum absolute atomic E-state index is 0.0816. The van der Waals surface area contributed by atoms with Crippen LogP contribution in [-0.2, 0) is 0 Å². The van der Waals surface area contributed by atoms with E-state index in [1.807, 2.05) is 0 Å². The third kappa shape index (κ3) is 3.29. The Morgan fingerprint density at radius 3 is 1.75 bits per heavy atom. The van der Waals surface area contributed by atoms with Crippen LogP contribution in [0.5, 0.6) is 5.75 Å². The lowest BCUT2D eigenvalue weighted by atomic mass is 9.85. The summed E-state index contributed by atoms with van der Waals surface area (Å²) >= 11 is 0. The Hall–Kier alpha value is -6.00. The van der Waals surface area contributed by atoms with Crippen molar-refractivity contribution in [1.82, 2.24) is 9.13 Å². The molecule has 4 heteroatoms. The Balaban J connectivity index is 1.11. The van der Waals surface area contributed by atoms with Gasteiger partial charge in [0.1, 0.15) is 11.7 Å². The van der Waals surface area contributed by atoms with Gasteiger partial charge in [0.25, 0.3) is 0 Å². The highest BCUT2D eigenvalue weighted by atomic mass is 16.5. The smallest absolute Gasteiger partial charge is 0.177 e. The standard InChI is InChI=1S/C44H30N2O2/c1-25-26(2)42-34-24-28(46-37-17-9-5-13-31(37)32-14-6-10-18-38(32)46)20-22-40(34)48-44(42)43-41(25)33-23-27(19-21-39(33)47-43)45-35-15-7-3-11-29(35)30-12-4-8-16-36(30)45/h3-24,33,39H,1-2H3. The van der Waals surface area contributed by atoms with Gasteiger partial charge in [0.15, 0.2) is 11.3 Å². The average Bonchev–Trinajstić information content (AvgIpc) is 3.88. The van der Waals surface area contributed by atoms with Crippen LogP contribution in [0.25, 0.3) is 76.9 Å². The van der Waals surface area contributed by atoms with Gasteiger partial charge in [0, 0.05) is 55.2 Å². The summed E-state index contributed by atoms with van der Waals surface area (Å²) in [4.78, 5) is 0. The fourth-order valence-corrected chi connectivity index (χ4v) is 8.65. The van der Waals surface area contributed by atoms with E-state index in [-0.39, 0.29) is 12.0 Å². The van der Waals surface area contributed by atoms with E-state index >= 15 is 0 Å². The van der Waals surface area contributed by atoms with Crippen LogP contribution in [0, 0.1) is 13.8 Å². The summed E-state index contributed by atoms with van der Waals surface area (Å²) in [6.07, 6.45) is 6.77. The highest BCUT2D eigenvalue weighted by Gasteiger charge is 2.39. The summed E-state index contributed by atoms with van der Waals surface area (Å²) in [5.74, 6) is 0.964. The third-order valence-electron chi connectivity index (χ3n) is 10.9. The monoisotopic (exact) mass is 618 g/mol. The van der Waals surface area contributed by atoms with Crippen molar-refractivity contribution < 1.29 is 9.15 Å². The number of allylic oxidation sites excluding steroid dienone is 2. The molecule has 1 aliphatic heterocycles. The van der Waals surface area contributed by atoms with Crippen LogP contribution in [0.4, 0.5) is 0 Å². The highest BCUT2D eigenvalue weighted by molar-refractivity contribution is 6.13. The summed E-state index contributed by atoms with van der Waals surface area (Å²) < 4.78 is 18.3. The van der Waals surface area contributed by atoms with E-state index in [9.17, 15) is 0 Å². The number of nitrogens with zero attached hydrogens (tertiary/aromatic N) is 2. The van der Waals surface area contributed by atoms with Gasteiger partial charge in [-0.2, -0.15) is 0 Å². The first kappa shape index (κ1) is 26.1. The summed E-state index contributed by atoms with van der Waals surface area (Å²) in [5, 5.41) is 7.30. The summed E-state index contributed by atoms with van der Waals surface area (Å²) in [6.45, 7) is 4.49. The fourth-order valence-electron chi connectivity index (χ4n) is 8.65. The van der Waals surface area contributed by atoms with Crippen LogP contribution < -0.4 is 4.74 Å². The third-order valence-corrected chi connectivity index (χ3v) is 10.9. The van der Waals surface area contributed by atoms with Crippen molar-refractivity contribution in [3.8, 4) is 11.4 Å². The molecule has 6 aromatic carbocycles. The molecule has 3 aromatic heterocycles. The van der Waals surface area contributed by atoms with Gasteiger partial charge >= 0.3 is 0 Å². The topological polar surface area (TPSA) is 32.2 Å². The Morgan fingerprint density at radius 2 is 1.15 bits per heavy atom. The zero-order valence-corrected chi connectivity index (χ0v) is 26.6. The molecule has 9 aromatic rings. The molecule has 48 heavy (non-hydrogen) atoms. The Bertz CT molecular complexity index is 2800. The number of benzene rings is 6. The molecule has 0 radical (unpaired) electrons. The first-order valence-corrected chi connectivity index (χ1v) is 16.7. The minimum Gasteiger partial charge on any atom is -0.481 e. The molecule has 0 saturated carbocycles. The van der Waals surface area contributed by atoms with Crippen molar-refractivity contribution in [3.63, 3.8) is 0 Å². The van der Waals surface area contributed by atoms with E-state index in [1.165, 1.54) is 66.0 Å². The maximum Gasteiger partial charge on any atom is 0.177 e. The van der Waals surface area contributed by atoms with Gasteiger partial charge < -0.3 is 18.3 Å². The lowest BCUT2D eigenvalue weighted by molar-refractivity contribution is 0.269. The van der Waals surface area contributed by atoms with Gasteiger partial charge in [-0.15, -0.1) is 0 Å². The number of aromatic nitrogens is 2. The lowest BCUT2D eigenvalue weighted by Crippen LogP contribution is -2.18. The van der Waals surface area contributed by atoms with Crippen molar-refractivity contribution in [2.24, 2.45) is 0 Å². The first-order valence-electron chi connectivity index (χ1n) is 16.7. The van der Waals surface area contributed by atoms with Crippen molar-refractivity contribution in [2.75, 3.05) is 0 Å². The van der Waals surface area contributed by atoms with E-state index in [4.69, 9.17) is 9.15 Å². The van der Waals surface area contributed by atoms with E-state index < -0.39 is 0 Å². The summed E-state index contributed by atoms with van der Waals surface area (Å²) in [7, 11) is 0. The first-order chi connectivity index (χ1) is 23.7. The Kier molecular flexibility index (Phi) is 5.06. The molecular weight excluding hydrogens is 588 g/mol. The molecule has 11 rings (SSSR count). The fraction of sp³-hybridized carbons (Fsp3) is 0.0909. The number of ether oxygens (including phenoxy) is 1. The van der Waals surface area contributed by atoms with Crippen molar-refractivity contribution in [1.29, 1.82) is 0 Å². The maximum atomic E-state index is 6.81. The molecule has 0 bridgehead atoms. The summed E-state index contributed by atoms with van der Waals surface area (Å²) in [6, 6.07) is 41.3. The second-order valence-electron chi connectivity index (χ2n) is 13.3. The second-order valence-corrected chi connectivity index (χ2v) is 13.3. The predicted octanol–water partition coefficient (Wildman–Crippen LogP) is 11.4. The molecule has 4 heterocycles. The van der Waals surface area contributed by atoms with Gasteiger partial charge in [0.05, 0.1) is 22.1 Å². The number of aryl methyl sites for hydroxylation is 1. The van der Waals surface area contributed by atoms with Crippen LogP contribution in [0.15, 0.2) is 138 Å². The summed E-state index contributed by atoms with van der Waals surface area (Å²) in [5.41, 5.74) is 12.6. The van der Waals surface area contributed by atoms with E-state index in [0.717, 1.165) is 33.4 Å². The van der Waals surface area contributed by atoms with Crippen molar-refractivity contribution >= 4 is 71.2 Å². The Morgan fingerprint density at radius 1 is 0.583 bits per heavy atom. The van der Waals surface area contributed by atoms with Crippen LogP contribution >= 0.6 is 0 Å². The molecular formula is C44H30N2O2. The molecule has 2 unspecified atom stereocenters. The molecule has 0 amide bonds. The zero-order chi connectivity index (χ0) is 31.7. The highest BCUT2D eigenvalue weighted by Crippen LogP contribution is 2.52. The molecule has 4 nitrogen and oxygen atoms in total. The van der Waals surface area contributed by atoms with Gasteiger partial charge in [-0.1, -0.05) is 72.8 Å². The number of furan rings is 1.